The molecule has 0 amide bonds. The molecule has 58 valence electrons. The Morgan fingerprint density at radius 3 is 2.70 bits per heavy atom. The highest BCUT2D eigenvalue weighted by atomic mass is 16.3. The molecule has 1 atom stereocenters. The summed E-state index contributed by atoms with van der Waals surface area (Å²) < 4.78 is 0. The molecular formula is C8H15NO. The lowest BCUT2D eigenvalue weighted by Crippen LogP contribution is -2.28. The molecule has 0 aromatic rings. The molecule has 0 radical (unpaired) electrons. The summed E-state index contributed by atoms with van der Waals surface area (Å²) in [5, 5.41) is 12.4. The Hall–Kier alpha value is -0.520. The zero-order chi connectivity index (χ0) is 8.04. The Balaban J connectivity index is 3.40. The molecule has 0 aliphatic rings. The van der Waals surface area contributed by atoms with Gasteiger partial charge in [0.2, 0.25) is 0 Å². The number of nitrogens with one attached hydrogen (secondary N) is 1. The number of aliphatic hydroxyl groups is 1. The summed E-state index contributed by atoms with van der Waals surface area (Å²) in [5.74, 6) is 2.32. The third kappa shape index (κ3) is 4.37. The Labute approximate surface area is 62.6 Å². The third-order valence-corrected chi connectivity index (χ3v) is 1.35. The first kappa shape index (κ1) is 9.48. The van der Waals surface area contributed by atoms with Crippen molar-refractivity contribution in [3.05, 3.63) is 0 Å². The quantitative estimate of drug-likeness (QED) is 0.438. The molecule has 2 nitrogen and oxygen atoms in total. The van der Waals surface area contributed by atoms with Gasteiger partial charge >= 0.3 is 0 Å². The van der Waals surface area contributed by atoms with Crippen LogP contribution in [-0.4, -0.2) is 23.8 Å². The molecule has 0 aliphatic heterocycles. The summed E-state index contributed by atoms with van der Waals surface area (Å²) >= 11 is 0. The van der Waals surface area contributed by atoms with Gasteiger partial charge in [-0.1, -0.05) is 12.8 Å². The molecule has 0 heterocycles. The molecule has 0 fully saturated rings. The first-order valence-electron chi connectivity index (χ1n) is 3.53. The van der Waals surface area contributed by atoms with Gasteiger partial charge in [-0.25, -0.2) is 0 Å². The second kappa shape index (κ2) is 4.32. The molecule has 0 rings (SSSR count). The molecule has 0 aromatic carbocycles. The average Bonchev–Trinajstić information content (AvgIpc) is 1.89. The monoisotopic (exact) mass is 141 g/mol. The van der Waals surface area contributed by atoms with E-state index in [0.717, 1.165) is 13.1 Å². The zero-order valence-electron chi connectivity index (χ0n) is 6.65. The van der Waals surface area contributed by atoms with Gasteiger partial charge in [-0.2, -0.15) is 0 Å². The Morgan fingerprint density at radius 2 is 2.30 bits per heavy atom. The van der Waals surface area contributed by atoms with Gasteiger partial charge in [0.15, 0.2) is 0 Å². The van der Waals surface area contributed by atoms with Crippen molar-refractivity contribution in [2.75, 3.05) is 13.1 Å². The second-order valence-electron chi connectivity index (χ2n) is 2.52. The van der Waals surface area contributed by atoms with Crippen LogP contribution in [0.4, 0.5) is 0 Å². The van der Waals surface area contributed by atoms with E-state index in [2.05, 4.69) is 11.2 Å². The highest BCUT2D eigenvalue weighted by Crippen LogP contribution is 2.04. The molecule has 0 aliphatic carbocycles. The van der Waals surface area contributed by atoms with Crippen LogP contribution in [0, 0.1) is 12.3 Å². The van der Waals surface area contributed by atoms with Crippen LogP contribution in [0.1, 0.15) is 20.3 Å². The van der Waals surface area contributed by atoms with Crippen molar-refractivity contribution < 1.29 is 5.11 Å². The average molecular weight is 141 g/mol. The fraction of sp³-hybridized carbons (Fsp3) is 0.750. The maximum absolute atomic E-state index is 9.27. The lowest BCUT2D eigenvalue weighted by molar-refractivity contribution is 0.112. The van der Waals surface area contributed by atoms with Crippen LogP contribution in [0.5, 0.6) is 0 Å². The smallest absolute Gasteiger partial charge is 0.123 e. The summed E-state index contributed by atoms with van der Waals surface area (Å²) in [4.78, 5) is 0. The minimum Gasteiger partial charge on any atom is -0.378 e. The maximum Gasteiger partial charge on any atom is 0.123 e. The van der Waals surface area contributed by atoms with Gasteiger partial charge in [0.1, 0.15) is 5.60 Å². The number of hydrogen-bond acceptors (Lipinski definition) is 2. The van der Waals surface area contributed by atoms with Crippen molar-refractivity contribution in [1.82, 2.24) is 5.32 Å². The summed E-state index contributed by atoms with van der Waals surface area (Å²) in [6.45, 7) is 5.35. The van der Waals surface area contributed by atoms with Crippen LogP contribution < -0.4 is 5.32 Å². The van der Waals surface area contributed by atoms with Crippen LogP contribution in [-0.2, 0) is 0 Å². The standard InChI is InChI=1S/C8H15NO/c1-4-8(3,10)6-7-9-5-2/h1,9-10H,5-7H2,2-3H3. The minimum atomic E-state index is -0.942. The van der Waals surface area contributed by atoms with Crippen LogP contribution in [0.15, 0.2) is 0 Å². The first-order chi connectivity index (χ1) is 4.62. The van der Waals surface area contributed by atoms with E-state index in [0.29, 0.717) is 6.42 Å². The normalized spacial score (nSPS) is 15.8. The number of hydrogen-bond donors (Lipinski definition) is 2. The lowest BCUT2D eigenvalue weighted by Gasteiger charge is -2.15. The van der Waals surface area contributed by atoms with Crippen LogP contribution in [0.3, 0.4) is 0 Å². The van der Waals surface area contributed by atoms with Crippen LogP contribution in [0.2, 0.25) is 0 Å². The van der Waals surface area contributed by atoms with Crippen molar-refractivity contribution in [2.45, 2.75) is 25.9 Å². The largest absolute Gasteiger partial charge is 0.378 e. The topological polar surface area (TPSA) is 32.3 Å². The van der Waals surface area contributed by atoms with Crippen molar-refractivity contribution in [3.8, 4) is 12.3 Å². The molecule has 10 heavy (non-hydrogen) atoms. The Morgan fingerprint density at radius 1 is 1.70 bits per heavy atom. The van der Waals surface area contributed by atoms with Gasteiger partial charge in [-0.15, -0.1) is 6.42 Å². The van der Waals surface area contributed by atoms with Gasteiger partial charge in [-0.05, 0) is 26.4 Å². The molecule has 0 saturated carbocycles. The van der Waals surface area contributed by atoms with Gasteiger partial charge < -0.3 is 10.4 Å². The molecule has 0 aromatic heterocycles. The summed E-state index contributed by atoms with van der Waals surface area (Å²) in [6.07, 6.45) is 5.67. The van der Waals surface area contributed by atoms with E-state index < -0.39 is 5.60 Å². The predicted molar refractivity (Wildman–Crippen MR) is 42.6 cm³/mol. The van der Waals surface area contributed by atoms with E-state index in [1.165, 1.54) is 0 Å². The van der Waals surface area contributed by atoms with Gasteiger partial charge in [0, 0.05) is 0 Å². The first-order valence-corrected chi connectivity index (χ1v) is 3.53. The number of rotatable bonds is 4. The van der Waals surface area contributed by atoms with E-state index in [9.17, 15) is 5.11 Å². The van der Waals surface area contributed by atoms with Gasteiger partial charge in [0.25, 0.3) is 0 Å². The van der Waals surface area contributed by atoms with Crippen molar-refractivity contribution in [1.29, 1.82) is 0 Å². The van der Waals surface area contributed by atoms with E-state index >= 15 is 0 Å². The minimum absolute atomic E-state index is 0.608. The summed E-state index contributed by atoms with van der Waals surface area (Å²) in [5.41, 5.74) is -0.942. The van der Waals surface area contributed by atoms with Gasteiger partial charge in [-0.3, -0.25) is 0 Å². The predicted octanol–water partition coefficient (Wildman–Crippen LogP) is 0.370. The van der Waals surface area contributed by atoms with Crippen molar-refractivity contribution in [2.24, 2.45) is 0 Å². The third-order valence-electron chi connectivity index (χ3n) is 1.35. The van der Waals surface area contributed by atoms with E-state index in [4.69, 9.17) is 6.42 Å². The lowest BCUT2D eigenvalue weighted by atomic mass is 10.0. The maximum atomic E-state index is 9.27. The fourth-order valence-corrected chi connectivity index (χ4v) is 0.581. The highest BCUT2D eigenvalue weighted by molar-refractivity contribution is 5.04. The molecule has 0 saturated heterocycles. The van der Waals surface area contributed by atoms with Gasteiger partial charge in [0.05, 0.1) is 0 Å². The molecule has 2 N–H and O–H groups in total. The molecule has 1 unspecified atom stereocenters. The SMILES string of the molecule is C#CC(C)(O)CCNCC. The molecule has 2 heteroatoms. The van der Waals surface area contributed by atoms with Crippen LogP contribution in [0.25, 0.3) is 0 Å². The van der Waals surface area contributed by atoms with E-state index in [1.54, 1.807) is 6.92 Å². The van der Waals surface area contributed by atoms with Crippen molar-refractivity contribution >= 4 is 0 Å². The summed E-state index contributed by atoms with van der Waals surface area (Å²) in [7, 11) is 0. The second-order valence-corrected chi connectivity index (χ2v) is 2.52. The van der Waals surface area contributed by atoms with E-state index in [1.807, 2.05) is 6.92 Å². The Bertz CT molecular complexity index is 124. The summed E-state index contributed by atoms with van der Waals surface area (Å²) in [6, 6.07) is 0. The molecular weight excluding hydrogens is 126 g/mol. The zero-order valence-corrected chi connectivity index (χ0v) is 6.65. The fourth-order valence-electron chi connectivity index (χ4n) is 0.581. The molecule has 0 bridgehead atoms. The van der Waals surface area contributed by atoms with E-state index in [-0.39, 0.29) is 0 Å². The number of terminal acetylenes is 1. The van der Waals surface area contributed by atoms with Crippen LogP contribution >= 0.6 is 0 Å². The molecule has 0 spiro atoms. The Kier molecular flexibility index (Phi) is 4.10. The van der Waals surface area contributed by atoms with Crippen molar-refractivity contribution in [3.63, 3.8) is 0 Å². The highest BCUT2D eigenvalue weighted by Gasteiger charge is 2.14.